The molecule has 0 bridgehead atoms. The summed E-state index contributed by atoms with van der Waals surface area (Å²) in [6.07, 6.45) is 1.96. The number of nitrogens with zero attached hydrogens (tertiary/aromatic N) is 4. The molecule has 1 aliphatic heterocycles. The van der Waals surface area contributed by atoms with Gasteiger partial charge in [0.15, 0.2) is 0 Å². The zero-order valence-electron chi connectivity index (χ0n) is 14.3. The van der Waals surface area contributed by atoms with Gasteiger partial charge in [-0.05, 0) is 26.3 Å². The number of hydrogen-bond donors (Lipinski definition) is 1. The highest BCUT2D eigenvalue weighted by atomic mass is 16.5. The van der Waals surface area contributed by atoms with Crippen LogP contribution in [0.4, 0.5) is 0 Å². The van der Waals surface area contributed by atoms with Crippen molar-refractivity contribution in [2.75, 3.05) is 39.3 Å². The molecule has 1 aromatic carbocycles. The van der Waals surface area contributed by atoms with E-state index in [1.807, 2.05) is 12.1 Å². The molecule has 3 rings (SSSR count). The Labute approximate surface area is 143 Å². The third kappa shape index (κ3) is 4.63. The maximum absolute atomic E-state index is 8.85. The fourth-order valence-electron chi connectivity index (χ4n) is 2.95. The van der Waals surface area contributed by atoms with Gasteiger partial charge in [0.2, 0.25) is 11.7 Å². The van der Waals surface area contributed by atoms with Crippen LogP contribution in [0.25, 0.3) is 11.4 Å². The summed E-state index contributed by atoms with van der Waals surface area (Å²) in [4.78, 5) is 9.34. The summed E-state index contributed by atoms with van der Waals surface area (Å²) >= 11 is 0. The van der Waals surface area contributed by atoms with Gasteiger partial charge in [-0.15, -0.1) is 0 Å². The number of hydrogen-bond acceptors (Lipinski definition) is 6. The van der Waals surface area contributed by atoms with Crippen LogP contribution >= 0.6 is 0 Å². The number of piperazine rings is 1. The van der Waals surface area contributed by atoms with Crippen LogP contribution in [-0.2, 0) is 6.54 Å². The fourth-order valence-corrected chi connectivity index (χ4v) is 2.95. The second-order valence-corrected chi connectivity index (χ2v) is 6.43. The van der Waals surface area contributed by atoms with E-state index in [4.69, 9.17) is 9.63 Å². The standard InChI is InChI=1S/C18H26N4O2/c1-15-4-6-16(7-5-15)18-19-17(24-20-18)14-22-11-9-21(10-12-22)8-2-3-13-23/h4-7,23H,2-3,8-14H2,1H3. The lowest BCUT2D eigenvalue weighted by molar-refractivity contribution is 0.114. The Bertz CT molecular complexity index is 618. The zero-order chi connectivity index (χ0) is 16.8. The summed E-state index contributed by atoms with van der Waals surface area (Å²) in [6, 6.07) is 8.16. The largest absolute Gasteiger partial charge is 0.396 e. The maximum atomic E-state index is 8.85. The first-order valence-corrected chi connectivity index (χ1v) is 8.70. The number of aromatic nitrogens is 2. The van der Waals surface area contributed by atoms with Crippen LogP contribution in [0.2, 0.25) is 0 Å². The lowest BCUT2D eigenvalue weighted by atomic mass is 10.1. The third-order valence-electron chi connectivity index (χ3n) is 4.48. The zero-order valence-corrected chi connectivity index (χ0v) is 14.3. The molecule has 0 atom stereocenters. The Balaban J connectivity index is 1.48. The predicted octanol–water partition coefficient (Wildman–Crippen LogP) is 1.94. The molecule has 1 fully saturated rings. The van der Waals surface area contributed by atoms with Crippen LogP contribution in [0, 0.1) is 6.92 Å². The van der Waals surface area contributed by atoms with Gasteiger partial charge in [0, 0.05) is 38.3 Å². The minimum absolute atomic E-state index is 0.292. The fraction of sp³-hybridized carbons (Fsp3) is 0.556. The normalized spacial score (nSPS) is 16.6. The number of rotatable bonds is 7. The molecule has 130 valence electrons. The second-order valence-electron chi connectivity index (χ2n) is 6.43. The molecule has 2 aromatic rings. The van der Waals surface area contributed by atoms with E-state index in [9.17, 15) is 0 Å². The minimum atomic E-state index is 0.292. The molecule has 0 spiro atoms. The van der Waals surface area contributed by atoms with E-state index >= 15 is 0 Å². The van der Waals surface area contributed by atoms with Crippen LogP contribution in [0.1, 0.15) is 24.3 Å². The second kappa shape index (κ2) is 8.37. The number of aryl methyl sites for hydroxylation is 1. The molecule has 1 aromatic heterocycles. The summed E-state index contributed by atoms with van der Waals surface area (Å²) < 4.78 is 5.41. The molecular formula is C18H26N4O2. The monoisotopic (exact) mass is 330 g/mol. The average Bonchev–Trinajstić information content (AvgIpc) is 3.06. The first-order valence-electron chi connectivity index (χ1n) is 8.70. The number of unbranched alkanes of at least 4 members (excludes halogenated alkanes) is 1. The average molecular weight is 330 g/mol. The molecular weight excluding hydrogens is 304 g/mol. The predicted molar refractivity (Wildman–Crippen MR) is 92.5 cm³/mol. The van der Waals surface area contributed by atoms with Crippen molar-refractivity contribution in [2.45, 2.75) is 26.3 Å². The van der Waals surface area contributed by atoms with E-state index in [0.29, 0.717) is 24.9 Å². The Morgan fingerprint density at radius 3 is 2.46 bits per heavy atom. The van der Waals surface area contributed by atoms with E-state index in [1.165, 1.54) is 5.56 Å². The van der Waals surface area contributed by atoms with E-state index in [-0.39, 0.29) is 0 Å². The quantitative estimate of drug-likeness (QED) is 0.783. The first kappa shape index (κ1) is 17.1. The van der Waals surface area contributed by atoms with Gasteiger partial charge in [0.25, 0.3) is 0 Å². The van der Waals surface area contributed by atoms with Crippen molar-refractivity contribution in [3.05, 3.63) is 35.7 Å². The maximum Gasteiger partial charge on any atom is 0.241 e. The van der Waals surface area contributed by atoms with Gasteiger partial charge in [-0.25, -0.2) is 0 Å². The number of aliphatic hydroxyl groups is 1. The molecule has 1 saturated heterocycles. The summed E-state index contributed by atoms with van der Waals surface area (Å²) in [5.74, 6) is 1.34. The molecule has 6 heteroatoms. The van der Waals surface area contributed by atoms with Gasteiger partial charge >= 0.3 is 0 Å². The van der Waals surface area contributed by atoms with Crippen LogP contribution in [-0.4, -0.2) is 64.4 Å². The van der Waals surface area contributed by atoms with E-state index < -0.39 is 0 Å². The molecule has 0 unspecified atom stereocenters. The molecule has 0 aliphatic carbocycles. The smallest absolute Gasteiger partial charge is 0.241 e. The SMILES string of the molecule is Cc1ccc(-c2noc(CN3CCN(CCCCO)CC3)n2)cc1. The highest BCUT2D eigenvalue weighted by Gasteiger charge is 2.19. The number of aliphatic hydroxyl groups excluding tert-OH is 1. The van der Waals surface area contributed by atoms with Crippen molar-refractivity contribution in [3.8, 4) is 11.4 Å². The molecule has 2 heterocycles. The molecule has 0 amide bonds. The Morgan fingerprint density at radius 2 is 1.75 bits per heavy atom. The Hall–Kier alpha value is -1.76. The van der Waals surface area contributed by atoms with Gasteiger partial charge in [0.05, 0.1) is 6.54 Å². The molecule has 1 N–H and O–H groups in total. The summed E-state index contributed by atoms with van der Waals surface area (Å²) in [6.45, 7) is 8.29. The van der Waals surface area contributed by atoms with Crippen molar-refractivity contribution in [1.82, 2.24) is 19.9 Å². The van der Waals surface area contributed by atoms with Crippen LogP contribution in [0.5, 0.6) is 0 Å². The van der Waals surface area contributed by atoms with Gasteiger partial charge in [-0.2, -0.15) is 4.98 Å². The lowest BCUT2D eigenvalue weighted by Gasteiger charge is -2.33. The molecule has 1 aliphatic rings. The third-order valence-corrected chi connectivity index (χ3v) is 4.48. The van der Waals surface area contributed by atoms with Crippen molar-refractivity contribution < 1.29 is 9.63 Å². The Morgan fingerprint density at radius 1 is 1.04 bits per heavy atom. The van der Waals surface area contributed by atoms with E-state index in [2.05, 4.69) is 39.0 Å². The molecule has 24 heavy (non-hydrogen) atoms. The van der Waals surface area contributed by atoms with Gasteiger partial charge < -0.3 is 14.5 Å². The van der Waals surface area contributed by atoms with Crippen molar-refractivity contribution in [2.24, 2.45) is 0 Å². The Kier molecular flexibility index (Phi) is 5.96. The van der Waals surface area contributed by atoms with Crippen LogP contribution in [0.15, 0.2) is 28.8 Å². The van der Waals surface area contributed by atoms with Crippen molar-refractivity contribution in [3.63, 3.8) is 0 Å². The highest BCUT2D eigenvalue weighted by molar-refractivity contribution is 5.54. The topological polar surface area (TPSA) is 65.6 Å². The number of benzene rings is 1. The van der Waals surface area contributed by atoms with Gasteiger partial charge in [0.1, 0.15) is 0 Å². The molecule has 0 saturated carbocycles. The van der Waals surface area contributed by atoms with Gasteiger partial charge in [-0.1, -0.05) is 35.0 Å². The van der Waals surface area contributed by atoms with E-state index in [1.54, 1.807) is 0 Å². The van der Waals surface area contributed by atoms with Gasteiger partial charge in [-0.3, -0.25) is 4.90 Å². The van der Waals surface area contributed by atoms with Crippen LogP contribution < -0.4 is 0 Å². The minimum Gasteiger partial charge on any atom is -0.396 e. The molecule has 0 radical (unpaired) electrons. The summed E-state index contributed by atoms with van der Waals surface area (Å²) in [7, 11) is 0. The van der Waals surface area contributed by atoms with Crippen molar-refractivity contribution in [1.29, 1.82) is 0 Å². The van der Waals surface area contributed by atoms with E-state index in [0.717, 1.165) is 51.1 Å². The summed E-state index contributed by atoms with van der Waals surface area (Å²) in [5, 5.41) is 12.9. The molecule has 6 nitrogen and oxygen atoms in total. The van der Waals surface area contributed by atoms with Crippen molar-refractivity contribution >= 4 is 0 Å². The van der Waals surface area contributed by atoms with Crippen LogP contribution in [0.3, 0.4) is 0 Å². The first-order chi connectivity index (χ1) is 11.7. The highest BCUT2D eigenvalue weighted by Crippen LogP contribution is 2.17. The lowest BCUT2D eigenvalue weighted by Crippen LogP contribution is -2.46. The summed E-state index contributed by atoms with van der Waals surface area (Å²) in [5.41, 5.74) is 2.21.